The molecule has 0 bridgehead atoms. The minimum Gasteiger partial charge on any atom is -0.497 e. The molecule has 2 aromatic heterocycles. The summed E-state index contributed by atoms with van der Waals surface area (Å²) in [6.45, 7) is 2.11. The fourth-order valence-corrected chi connectivity index (χ4v) is 4.67. The molecule has 0 spiro atoms. The lowest BCUT2D eigenvalue weighted by atomic mass is 10.0. The molecule has 6 heteroatoms. The first kappa shape index (κ1) is 20.3. The molecule has 1 aliphatic heterocycles. The maximum Gasteiger partial charge on any atom is 0.174 e. The summed E-state index contributed by atoms with van der Waals surface area (Å²) in [7, 11) is 1.67. The van der Waals surface area contributed by atoms with Crippen LogP contribution in [0, 0.1) is 6.92 Å². The molecule has 0 saturated carbocycles. The summed E-state index contributed by atoms with van der Waals surface area (Å²) in [4.78, 5) is 6.83. The van der Waals surface area contributed by atoms with E-state index in [0.29, 0.717) is 5.11 Å². The van der Waals surface area contributed by atoms with E-state index in [2.05, 4.69) is 69.3 Å². The van der Waals surface area contributed by atoms with Crippen molar-refractivity contribution in [1.82, 2.24) is 14.9 Å². The molecule has 2 atom stereocenters. The number of ether oxygens (including phenoxy) is 1. The third-order valence-electron chi connectivity index (χ3n) is 5.81. The first-order valence-corrected chi connectivity index (χ1v) is 11.0. The van der Waals surface area contributed by atoms with Crippen molar-refractivity contribution in [2.24, 2.45) is 0 Å². The second-order valence-corrected chi connectivity index (χ2v) is 8.22. The number of aromatic nitrogens is 2. The maximum atomic E-state index is 5.84. The molecule has 1 saturated heterocycles. The predicted octanol–water partition coefficient (Wildman–Crippen LogP) is 5.37. The second kappa shape index (κ2) is 8.48. The molecular weight excluding hydrogens is 416 g/mol. The summed E-state index contributed by atoms with van der Waals surface area (Å²) in [5, 5.41) is 4.20. The van der Waals surface area contributed by atoms with E-state index in [4.69, 9.17) is 17.0 Å². The van der Waals surface area contributed by atoms with Crippen LogP contribution in [0.4, 0.5) is 5.69 Å². The highest BCUT2D eigenvalue weighted by Gasteiger charge is 2.42. The van der Waals surface area contributed by atoms with Gasteiger partial charge in [-0.3, -0.25) is 4.98 Å². The van der Waals surface area contributed by atoms with Crippen molar-refractivity contribution in [3.63, 3.8) is 0 Å². The molecule has 0 amide bonds. The minimum atomic E-state index is -0.0933. The van der Waals surface area contributed by atoms with E-state index in [1.165, 1.54) is 5.56 Å². The Balaban J connectivity index is 1.65. The summed E-state index contributed by atoms with van der Waals surface area (Å²) < 4.78 is 7.59. The van der Waals surface area contributed by atoms with Gasteiger partial charge in [0.15, 0.2) is 5.11 Å². The quantitative estimate of drug-likeness (QED) is 0.423. The maximum absolute atomic E-state index is 5.84. The molecule has 160 valence electrons. The van der Waals surface area contributed by atoms with Gasteiger partial charge in [0.25, 0.3) is 0 Å². The number of nitrogens with zero attached hydrogens (tertiary/aromatic N) is 3. The smallest absolute Gasteiger partial charge is 0.174 e. The van der Waals surface area contributed by atoms with Crippen LogP contribution in [-0.2, 0) is 0 Å². The zero-order valence-electron chi connectivity index (χ0n) is 18.0. The van der Waals surface area contributed by atoms with Crippen molar-refractivity contribution in [2.75, 3.05) is 12.0 Å². The Morgan fingerprint density at radius 3 is 2.50 bits per heavy atom. The number of rotatable bonds is 5. The molecule has 5 rings (SSSR count). The Kier molecular flexibility index (Phi) is 5.37. The summed E-state index contributed by atoms with van der Waals surface area (Å²) in [6, 6.07) is 26.6. The van der Waals surface area contributed by atoms with Crippen LogP contribution < -0.4 is 15.0 Å². The van der Waals surface area contributed by atoms with E-state index in [1.807, 2.05) is 48.7 Å². The van der Waals surface area contributed by atoms with Crippen molar-refractivity contribution < 1.29 is 4.74 Å². The van der Waals surface area contributed by atoms with Gasteiger partial charge in [-0.05, 0) is 85.4 Å². The van der Waals surface area contributed by atoms with Crippen molar-refractivity contribution in [3.05, 3.63) is 108 Å². The average molecular weight is 441 g/mol. The average Bonchev–Trinajstić information content (AvgIpc) is 3.44. The molecule has 1 fully saturated rings. The van der Waals surface area contributed by atoms with Gasteiger partial charge in [-0.2, -0.15) is 0 Å². The monoisotopic (exact) mass is 440 g/mol. The highest BCUT2D eigenvalue weighted by molar-refractivity contribution is 7.80. The summed E-state index contributed by atoms with van der Waals surface area (Å²) in [5.74, 6) is 0.813. The van der Waals surface area contributed by atoms with E-state index in [-0.39, 0.29) is 12.1 Å². The molecule has 0 radical (unpaired) electrons. The number of benzene rings is 2. The summed E-state index contributed by atoms with van der Waals surface area (Å²) >= 11 is 5.84. The number of hydrogen-bond acceptors (Lipinski definition) is 3. The normalized spacial score (nSPS) is 17.9. The van der Waals surface area contributed by atoms with Crippen LogP contribution in [0.25, 0.3) is 5.69 Å². The molecule has 5 nitrogen and oxygen atoms in total. The van der Waals surface area contributed by atoms with Crippen molar-refractivity contribution in [1.29, 1.82) is 0 Å². The fourth-order valence-electron chi connectivity index (χ4n) is 4.32. The lowest BCUT2D eigenvalue weighted by Gasteiger charge is -2.29. The molecule has 32 heavy (non-hydrogen) atoms. The molecule has 2 aromatic carbocycles. The molecule has 4 aromatic rings. The van der Waals surface area contributed by atoms with E-state index >= 15 is 0 Å². The molecule has 3 heterocycles. The lowest BCUT2D eigenvalue weighted by Crippen LogP contribution is -2.30. The van der Waals surface area contributed by atoms with Gasteiger partial charge in [0, 0.05) is 29.5 Å². The number of methoxy groups -OCH3 is 1. The summed E-state index contributed by atoms with van der Waals surface area (Å²) in [5.41, 5.74) is 5.43. The van der Waals surface area contributed by atoms with Crippen LogP contribution in [0.2, 0.25) is 0 Å². The van der Waals surface area contributed by atoms with Crippen LogP contribution >= 0.6 is 12.2 Å². The van der Waals surface area contributed by atoms with Crippen molar-refractivity contribution >= 4 is 23.0 Å². The van der Waals surface area contributed by atoms with Gasteiger partial charge in [0.2, 0.25) is 0 Å². The Bertz CT molecular complexity index is 1240. The predicted molar refractivity (Wildman–Crippen MR) is 131 cm³/mol. The van der Waals surface area contributed by atoms with Gasteiger partial charge in [0.05, 0.1) is 18.8 Å². The number of anilines is 1. The van der Waals surface area contributed by atoms with E-state index in [0.717, 1.165) is 28.5 Å². The van der Waals surface area contributed by atoms with Gasteiger partial charge in [-0.25, -0.2) is 0 Å². The van der Waals surface area contributed by atoms with Gasteiger partial charge in [0.1, 0.15) is 11.8 Å². The first-order chi connectivity index (χ1) is 15.7. The number of aryl methyl sites for hydroxylation is 1. The third kappa shape index (κ3) is 3.63. The highest BCUT2D eigenvalue weighted by Crippen LogP contribution is 2.42. The molecule has 0 aliphatic carbocycles. The topological polar surface area (TPSA) is 42.3 Å². The van der Waals surface area contributed by atoms with Gasteiger partial charge < -0.3 is 19.5 Å². The lowest BCUT2D eigenvalue weighted by molar-refractivity contribution is 0.415. The van der Waals surface area contributed by atoms with E-state index in [9.17, 15) is 0 Å². The fraction of sp³-hybridized carbons (Fsp3) is 0.154. The Labute approximate surface area is 193 Å². The van der Waals surface area contributed by atoms with Crippen LogP contribution in [0.15, 0.2) is 91.3 Å². The number of nitrogens with one attached hydrogen (secondary N) is 1. The number of thiocarbonyl (C=S) groups is 1. The van der Waals surface area contributed by atoms with Crippen LogP contribution in [0.1, 0.15) is 29.0 Å². The van der Waals surface area contributed by atoms with Crippen LogP contribution in [0.5, 0.6) is 5.75 Å². The number of pyridine rings is 1. The molecule has 1 aliphatic rings. The Morgan fingerprint density at radius 2 is 1.78 bits per heavy atom. The van der Waals surface area contributed by atoms with Gasteiger partial charge >= 0.3 is 0 Å². The minimum absolute atomic E-state index is 0.0821. The van der Waals surface area contributed by atoms with E-state index < -0.39 is 0 Å². The standard InChI is InChI=1S/C26H24N4OS/c1-18-7-5-8-20(17-18)29-16-6-10-23(29)25-24(22-9-3-4-15-27-22)28-26(32)30(25)19-11-13-21(31-2)14-12-19/h3-17,24-25H,1-2H3,(H,28,32)/t24-,25+/m0/s1. The van der Waals surface area contributed by atoms with Gasteiger partial charge in [-0.1, -0.05) is 18.2 Å². The third-order valence-corrected chi connectivity index (χ3v) is 6.13. The number of hydrogen-bond donors (Lipinski definition) is 1. The zero-order chi connectivity index (χ0) is 22.1. The van der Waals surface area contributed by atoms with Crippen LogP contribution in [0.3, 0.4) is 0 Å². The molecular formula is C26H24N4OS. The zero-order valence-corrected chi connectivity index (χ0v) is 18.8. The Hall–Kier alpha value is -3.64. The van der Waals surface area contributed by atoms with Gasteiger partial charge in [-0.15, -0.1) is 0 Å². The highest BCUT2D eigenvalue weighted by atomic mass is 32.1. The van der Waals surface area contributed by atoms with E-state index in [1.54, 1.807) is 7.11 Å². The van der Waals surface area contributed by atoms with Crippen LogP contribution in [-0.4, -0.2) is 21.8 Å². The largest absolute Gasteiger partial charge is 0.497 e. The summed E-state index contributed by atoms with van der Waals surface area (Å²) in [6.07, 6.45) is 3.93. The van der Waals surface area contributed by atoms with Crippen molar-refractivity contribution in [3.8, 4) is 11.4 Å². The molecule has 0 unspecified atom stereocenters. The SMILES string of the molecule is COc1ccc(N2C(=S)N[C@@H](c3ccccn3)[C@H]2c2cccn2-c2cccc(C)c2)cc1. The second-order valence-electron chi connectivity index (χ2n) is 7.84. The first-order valence-electron chi connectivity index (χ1n) is 10.5. The molecule has 1 N–H and O–H groups in total. The van der Waals surface area contributed by atoms with Crippen molar-refractivity contribution in [2.45, 2.75) is 19.0 Å². The Morgan fingerprint density at radius 1 is 0.938 bits per heavy atom.